The van der Waals surface area contributed by atoms with Crippen molar-refractivity contribution in [3.8, 4) is 0 Å². The van der Waals surface area contributed by atoms with E-state index in [0.717, 1.165) is 23.1 Å². The van der Waals surface area contributed by atoms with Crippen molar-refractivity contribution < 1.29 is 9.59 Å². The van der Waals surface area contributed by atoms with Crippen LogP contribution in [0.5, 0.6) is 0 Å². The first-order chi connectivity index (χ1) is 15.0. The fourth-order valence-electron chi connectivity index (χ4n) is 3.20. The Morgan fingerprint density at radius 3 is 2.19 bits per heavy atom. The van der Waals surface area contributed by atoms with Crippen molar-refractivity contribution in [2.45, 2.75) is 26.4 Å². The summed E-state index contributed by atoms with van der Waals surface area (Å²) in [5.41, 5.74) is 3.36. The molecule has 6 heteroatoms. The fraction of sp³-hybridized carbons (Fsp3) is 0.200. The molecule has 31 heavy (non-hydrogen) atoms. The Bertz CT molecular complexity index is 992. The molecule has 0 aliphatic heterocycles. The monoisotopic (exact) mass is 435 g/mol. The van der Waals surface area contributed by atoms with Crippen LogP contribution >= 0.6 is 11.6 Å². The Balaban J connectivity index is 1.47. The summed E-state index contributed by atoms with van der Waals surface area (Å²) in [7, 11) is 0. The van der Waals surface area contributed by atoms with Crippen molar-refractivity contribution in [1.29, 1.82) is 0 Å². The van der Waals surface area contributed by atoms with E-state index in [0.29, 0.717) is 23.8 Å². The predicted octanol–water partition coefficient (Wildman–Crippen LogP) is 5.36. The summed E-state index contributed by atoms with van der Waals surface area (Å²) in [5.74, 6) is 0.0554. The number of rotatable bonds is 7. The van der Waals surface area contributed by atoms with Gasteiger partial charge in [0.2, 0.25) is 5.91 Å². The molecular weight excluding hydrogens is 410 g/mol. The normalized spacial score (nSPS) is 15.0. The quantitative estimate of drug-likeness (QED) is 0.548. The molecule has 3 rings (SSSR count). The third kappa shape index (κ3) is 6.86. The van der Waals surface area contributed by atoms with E-state index < -0.39 is 0 Å². The molecule has 3 amide bonds. The van der Waals surface area contributed by atoms with Gasteiger partial charge in [0.05, 0.1) is 0 Å². The molecule has 0 aromatic heterocycles. The molecule has 1 aliphatic rings. The molecule has 1 atom stereocenters. The average Bonchev–Trinajstić information content (AvgIpc) is 3.03. The molecule has 2 aromatic carbocycles. The van der Waals surface area contributed by atoms with Crippen LogP contribution in [0, 0.1) is 5.92 Å². The van der Waals surface area contributed by atoms with Gasteiger partial charge in [-0.3, -0.25) is 4.79 Å². The third-order valence-electron chi connectivity index (χ3n) is 4.97. The van der Waals surface area contributed by atoms with E-state index in [9.17, 15) is 9.59 Å². The van der Waals surface area contributed by atoms with Gasteiger partial charge in [-0.2, -0.15) is 0 Å². The van der Waals surface area contributed by atoms with Crippen molar-refractivity contribution in [1.82, 2.24) is 10.6 Å². The third-order valence-corrected chi connectivity index (χ3v) is 5.23. The lowest BCUT2D eigenvalue weighted by atomic mass is 9.95. The summed E-state index contributed by atoms with van der Waals surface area (Å²) in [6, 6.07) is 14.4. The number of hydrogen-bond donors (Lipinski definition) is 3. The molecule has 0 fully saturated rings. The number of urea groups is 1. The molecule has 5 nitrogen and oxygen atoms in total. The standard InChI is InChI=1S/C25H26ClN3O2/c1-2-20-6-4-3-5-7-23(20)24(30)27-16-19-10-14-22(15-11-19)29-25(31)28-17-18-8-12-21(26)13-9-18/h3-15,20H,2,16-17H2,1H3,(H,27,30)(H2,28,29,31). The van der Waals surface area contributed by atoms with Gasteiger partial charge in [-0.15, -0.1) is 0 Å². The van der Waals surface area contributed by atoms with Gasteiger partial charge in [0, 0.05) is 35.3 Å². The van der Waals surface area contributed by atoms with Gasteiger partial charge in [-0.25, -0.2) is 4.79 Å². The second kappa shape index (κ2) is 11.2. The zero-order valence-corrected chi connectivity index (χ0v) is 18.2. The fourth-order valence-corrected chi connectivity index (χ4v) is 3.33. The summed E-state index contributed by atoms with van der Waals surface area (Å²) < 4.78 is 0. The van der Waals surface area contributed by atoms with E-state index in [1.807, 2.05) is 66.8 Å². The maximum Gasteiger partial charge on any atom is 0.319 e. The lowest BCUT2D eigenvalue weighted by Crippen LogP contribution is -2.28. The number of carbonyl (C=O) groups excluding carboxylic acids is 2. The van der Waals surface area contributed by atoms with Gasteiger partial charge >= 0.3 is 6.03 Å². The molecule has 0 saturated heterocycles. The van der Waals surface area contributed by atoms with Crippen molar-refractivity contribution in [3.63, 3.8) is 0 Å². The second-order valence-electron chi connectivity index (χ2n) is 7.22. The summed E-state index contributed by atoms with van der Waals surface area (Å²) in [6.45, 7) is 2.90. The van der Waals surface area contributed by atoms with Crippen LogP contribution in [0.4, 0.5) is 10.5 Å². The van der Waals surface area contributed by atoms with Gasteiger partial charge in [0.1, 0.15) is 0 Å². The number of allylic oxidation sites excluding steroid dienone is 5. The number of anilines is 1. The number of amides is 3. The van der Waals surface area contributed by atoms with E-state index in [1.54, 1.807) is 12.1 Å². The minimum Gasteiger partial charge on any atom is -0.348 e. The largest absolute Gasteiger partial charge is 0.348 e. The van der Waals surface area contributed by atoms with Gasteiger partial charge in [0.15, 0.2) is 0 Å². The molecule has 0 heterocycles. The molecule has 0 bridgehead atoms. The molecule has 0 radical (unpaired) electrons. The summed E-state index contributed by atoms with van der Waals surface area (Å²) in [5, 5.41) is 9.25. The Labute approximate surface area is 187 Å². The molecule has 2 aromatic rings. The van der Waals surface area contributed by atoms with Crippen LogP contribution in [0.15, 0.2) is 84.5 Å². The number of benzene rings is 2. The zero-order chi connectivity index (χ0) is 22.1. The summed E-state index contributed by atoms with van der Waals surface area (Å²) in [6.07, 6.45) is 10.6. The molecule has 0 spiro atoms. The van der Waals surface area contributed by atoms with Crippen LogP contribution in [0.1, 0.15) is 24.5 Å². The number of halogens is 1. The average molecular weight is 436 g/mol. The molecule has 0 saturated carbocycles. The summed E-state index contributed by atoms with van der Waals surface area (Å²) in [4.78, 5) is 24.7. The number of carbonyl (C=O) groups is 2. The zero-order valence-electron chi connectivity index (χ0n) is 17.4. The molecule has 3 N–H and O–H groups in total. The minimum atomic E-state index is -0.289. The highest BCUT2D eigenvalue weighted by Crippen LogP contribution is 2.20. The van der Waals surface area contributed by atoms with Crippen molar-refractivity contribution >= 4 is 29.2 Å². The van der Waals surface area contributed by atoms with Gasteiger partial charge in [-0.1, -0.05) is 73.2 Å². The van der Waals surface area contributed by atoms with Crippen LogP contribution in [0.25, 0.3) is 0 Å². The highest BCUT2D eigenvalue weighted by Gasteiger charge is 2.17. The molecule has 160 valence electrons. The van der Waals surface area contributed by atoms with Gasteiger partial charge in [-0.05, 0) is 41.8 Å². The lowest BCUT2D eigenvalue weighted by molar-refractivity contribution is -0.118. The van der Waals surface area contributed by atoms with Crippen molar-refractivity contribution in [2.24, 2.45) is 5.92 Å². The van der Waals surface area contributed by atoms with E-state index in [1.165, 1.54) is 0 Å². The van der Waals surface area contributed by atoms with E-state index >= 15 is 0 Å². The first kappa shape index (κ1) is 22.4. The maximum absolute atomic E-state index is 12.6. The minimum absolute atomic E-state index is 0.0631. The lowest BCUT2D eigenvalue weighted by Gasteiger charge is -2.14. The predicted molar refractivity (Wildman–Crippen MR) is 126 cm³/mol. The number of nitrogens with one attached hydrogen (secondary N) is 3. The van der Waals surface area contributed by atoms with Crippen LogP contribution in [0.3, 0.4) is 0 Å². The van der Waals surface area contributed by atoms with Crippen LogP contribution in [-0.4, -0.2) is 11.9 Å². The van der Waals surface area contributed by atoms with E-state index in [4.69, 9.17) is 11.6 Å². The van der Waals surface area contributed by atoms with Gasteiger partial charge < -0.3 is 16.0 Å². The Hall–Kier alpha value is -3.31. The van der Waals surface area contributed by atoms with Crippen LogP contribution < -0.4 is 16.0 Å². The number of hydrogen-bond acceptors (Lipinski definition) is 2. The van der Waals surface area contributed by atoms with E-state index in [2.05, 4.69) is 22.9 Å². The molecule has 1 unspecified atom stereocenters. The van der Waals surface area contributed by atoms with Crippen LogP contribution in [-0.2, 0) is 17.9 Å². The Kier molecular flexibility index (Phi) is 8.07. The first-order valence-corrected chi connectivity index (χ1v) is 10.6. The first-order valence-electron chi connectivity index (χ1n) is 10.3. The summed E-state index contributed by atoms with van der Waals surface area (Å²) >= 11 is 5.86. The van der Waals surface area contributed by atoms with Crippen LogP contribution in [0.2, 0.25) is 5.02 Å². The van der Waals surface area contributed by atoms with Gasteiger partial charge in [0.25, 0.3) is 0 Å². The van der Waals surface area contributed by atoms with E-state index in [-0.39, 0.29) is 17.9 Å². The highest BCUT2D eigenvalue weighted by molar-refractivity contribution is 6.30. The molecular formula is C25H26ClN3O2. The Morgan fingerprint density at radius 1 is 0.871 bits per heavy atom. The van der Waals surface area contributed by atoms with Crippen molar-refractivity contribution in [2.75, 3.05) is 5.32 Å². The smallest absolute Gasteiger partial charge is 0.319 e. The highest BCUT2D eigenvalue weighted by atomic mass is 35.5. The van der Waals surface area contributed by atoms with Crippen molar-refractivity contribution in [3.05, 3.63) is 101 Å². The Morgan fingerprint density at radius 2 is 1.52 bits per heavy atom. The topological polar surface area (TPSA) is 70.2 Å². The maximum atomic E-state index is 12.6. The SMILES string of the molecule is CCC1C=CC=CC=C1C(=O)NCc1ccc(NC(=O)NCc2ccc(Cl)cc2)cc1. The molecule has 1 aliphatic carbocycles. The second-order valence-corrected chi connectivity index (χ2v) is 7.66.